The second kappa shape index (κ2) is 7.29. The van der Waals surface area contributed by atoms with Crippen LogP contribution in [-0.4, -0.2) is 41.9 Å². The van der Waals surface area contributed by atoms with Gasteiger partial charge in [-0.1, -0.05) is 35.3 Å². The summed E-state index contributed by atoms with van der Waals surface area (Å²) in [5.41, 5.74) is 0.705. The first-order chi connectivity index (χ1) is 12.0. The number of hydrogen-bond acceptors (Lipinski definition) is 4. The topological polar surface area (TPSA) is 66.7 Å². The summed E-state index contributed by atoms with van der Waals surface area (Å²) in [6.07, 6.45) is 0. The van der Waals surface area contributed by atoms with E-state index in [9.17, 15) is 14.9 Å². The van der Waals surface area contributed by atoms with Gasteiger partial charge in [-0.15, -0.1) is 0 Å². The number of nitro benzene ring substituents is 1. The van der Waals surface area contributed by atoms with Crippen molar-refractivity contribution in [3.8, 4) is 0 Å². The number of halogens is 2. The number of carbonyl (C=O) groups is 1. The van der Waals surface area contributed by atoms with Crippen molar-refractivity contribution >= 4 is 40.5 Å². The van der Waals surface area contributed by atoms with Gasteiger partial charge in [-0.3, -0.25) is 14.9 Å². The molecule has 0 aromatic heterocycles. The Morgan fingerprint density at radius 3 is 2.36 bits per heavy atom. The molecule has 0 bridgehead atoms. The summed E-state index contributed by atoms with van der Waals surface area (Å²) >= 11 is 12.1. The molecule has 1 saturated heterocycles. The summed E-state index contributed by atoms with van der Waals surface area (Å²) in [6.45, 7) is 2.11. The predicted molar refractivity (Wildman–Crippen MR) is 97.7 cm³/mol. The standard InChI is InChI=1S/C17H15Cl2N3O3/c18-12-5-6-15(22(24)25)13(11-12)17(23)21-9-7-20(8-10-21)16-4-2-1-3-14(16)19/h1-6,11H,7-10H2. The second-order valence-corrected chi connectivity index (χ2v) is 6.49. The number of piperazine rings is 1. The number of carbonyl (C=O) groups excluding carboxylic acids is 1. The number of para-hydroxylation sites is 1. The van der Waals surface area contributed by atoms with E-state index in [1.807, 2.05) is 24.3 Å². The lowest BCUT2D eigenvalue weighted by atomic mass is 10.1. The number of benzene rings is 2. The van der Waals surface area contributed by atoms with E-state index in [0.29, 0.717) is 36.2 Å². The van der Waals surface area contributed by atoms with Crippen LogP contribution in [0.5, 0.6) is 0 Å². The molecule has 8 heteroatoms. The zero-order chi connectivity index (χ0) is 18.0. The summed E-state index contributed by atoms with van der Waals surface area (Å²) in [5, 5.41) is 12.1. The lowest BCUT2D eigenvalue weighted by Crippen LogP contribution is -2.49. The Bertz CT molecular complexity index is 821. The number of nitrogens with zero attached hydrogens (tertiary/aromatic N) is 3. The molecule has 0 unspecified atom stereocenters. The molecule has 0 saturated carbocycles. The minimum absolute atomic E-state index is 0.0173. The van der Waals surface area contributed by atoms with E-state index in [-0.39, 0.29) is 17.2 Å². The van der Waals surface area contributed by atoms with Crippen LogP contribution in [0.2, 0.25) is 10.0 Å². The highest BCUT2D eigenvalue weighted by Crippen LogP contribution is 2.28. The predicted octanol–water partition coefficient (Wildman–Crippen LogP) is 3.86. The number of rotatable bonds is 3. The third-order valence-corrected chi connectivity index (χ3v) is 4.70. The Balaban J connectivity index is 1.75. The molecule has 0 atom stereocenters. The van der Waals surface area contributed by atoms with Gasteiger partial charge in [0, 0.05) is 37.3 Å². The molecular weight excluding hydrogens is 365 g/mol. The van der Waals surface area contributed by atoms with Crippen LogP contribution < -0.4 is 4.90 Å². The van der Waals surface area contributed by atoms with Crippen LogP contribution >= 0.6 is 23.2 Å². The number of amides is 1. The van der Waals surface area contributed by atoms with Crippen LogP contribution in [0.1, 0.15) is 10.4 Å². The molecule has 3 rings (SSSR count). The van der Waals surface area contributed by atoms with Crippen LogP contribution in [0.15, 0.2) is 42.5 Å². The molecule has 1 aliphatic rings. The average Bonchev–Trinajstić information content (AvgIpc) is 2.61. The Labute approximate surface area is 154 Å². The van der Waals surface area contributed by atoms with E-state index < -0.39 is 4.92 Å². The zero-order valence-corrected chi connectivity index (χ0v) is 14.7. The number of anilines is 1. The molecule has 0 radical (unpaired) electrons. The van der Waals surface area contributed by atoms with Crippen molar-refractivity contribution in [3.05, 3.63) is 68.2 Å². The summed E-state index contributed by atoms with van der Waals surface area (Å²) in [6, 6.07) is 11.5. The van der Waals surface area contributed by atoms with Gasteiger partial charge >= 0.3 is 0 Å². The van der Waals surface area contributed by atoms with E-state index in [1.165, 1.54) is 18.2 Å². The Morgan fingerprint density at radius 1 is 1.04 bits per heavy atom. The lowest BCUT2D eigenvalue weighted by Gasteiger charge is -2.36. The van der Waals surface area contributed by atoms with Crippen LogP contribution in [0.3, 0.4) is 0 Å². The minimum Gasteiger partial charge on any atom is -0.367 e. The molecule has 1 heterocycles. The monoisotopic (exact) mass is 379 g/mol. The van der Waals surface area contributed by atoms with E-state index in [0.717, 1.165) is 5.69 Å². The molecule has 0 aliphatic carbocycles. The largest absolute Gasteiger partial charge is 0.367 e. The molecule has 25 heavy (non-hydrogen) atoms. The first-order valence-electron chi connectivity index (χ1n) is 7.70. The van der Waals surface area contributed by atoms with Crippen molar-refractivity contribution < 1.29 is 9.72 Å². The molecule has 2 aromatic carbocycles. The third kappa shape index (κ3) is 3.70. The van der Waals surface area contributed by atoms with Crippen LogP contribution in [0.25, 0.3) is 0 Å². The normalized spacial score (nSPS) is 14.5. The van der Waals surface area contributed by atoms with E-state index in [4.69, 9.17) is 23.2 Å². The highest BCUT2D eigenvalue weighted by atomic mass is 35.5. The van der Waals surface area contributed by atoms with Gasteiger partial charge in [0.05, 0.1) is 15.6 Å². The molecule has 1 aliphatic heterocycles. The van der Waals surface area contributed by atoms with E-state index in [2.05, 4.69) is 4.90 Å². The third-order valence-electron chi connectivity index (χ3n) is 4.15. The highest BCUT2D eigenvalue weighted by molar-refractivity contribution is 6.33. The smallest absolute Gasteiger partial charge is 0.282 e. The Kier molecular flexibility index (Phi) is 5.11. The fraction of sp³-hybridized carbons (Fsp3) is 0.235. The molecular formula is C17H15Cl2N3O3. The van der Waals surface area contributed by atoms with Gasteiger partial charge in [0.25, 0.3) is 11.6 Å². The number of nitro groups is 1. The van der Waals surface area contributed by atoms with Crippen molar-refractivity contribution in [1.29, 1.82) is 0 Å². The quantitative estimate of drug-likeness (QED) is 0.599. The second-order valence-electron chi connectivity index (χ2n) is 5.65. The summed E-state index contributed by atoms with van der Waals surface area (Å²) in [5.74, 6) is -0.381. The van der Waals surface area contributed by atoms with Crippen molar-refractivity contribution in [2.24, 2.45) is 0 Å². The van der Waals surface area contributed by atoms with Crippen molar-refractivity contribution in [2.75, 3.05) is 31.1 Å². The zero-order valence-electron chi connectivity index (χ0n) is 13.2. The Hall–Kier alpha value is -2.31. The maximum atomic E-state index is 12.7. The molecule has 130 valence electrons. The minimum atomic E-state index is -0.566. The molecule has 1 fully saturated rings. The molecule has 1 amide bonds. The average molecular weight is 380 g/mol. The fourth-order valence-corrected chi connectivity index (χ4v) is 3.30. The van der Waals surface area contributed by atoms with Gasteiger partial charge in [-0.25, -0.2) is 0 Å². The van der Waals surface area contributed by atoms with Crippen molar-refractivity contribution in [2.45, 2.75) is 0 Å². The fourth-order valence-electron chi connectivity index (χ4n) is 2.87. The van der Waals surface area contributed by atoms with Gasteiger partial charge in [-0.05, 0) is 24.3 Å². The highest BCUT2D eigenvalue weighted by Gasteiger charge is 2.28. The first kappa shape index (κ1) is 17.5. The van der Waals surface area contributed by atoms with Crippen molar-refractivity contribution in [3.63, 3.8) is 0 Å². The van der Waals surface area contributed by atoms with Crippen LogP contribution in [-0.2, 0) is 0 Å². The molecule has 0 N–H and O–H groups in total. The number of hydrogen-bond donors (Lipinski definition) is 0. The molecule has 6 nitrogen and oxygen atoms in total. The van der Waals surface area contributed by atoms with Gasteiger partial charge in [-0.2, -0.15) is 0 Å². The van der Waals surface area contributed by atoms with Crippen LogP contribution in [0.4, 0.5) is 11.4 Å². The van der Waals surface area contributed by atoms with Crippen molar-refractivity contribution in [1.82, 2.24) is 4.90 Å². The van der Waals surface area contributed by atoms with Crippen LogP contribution in [0, 0.1) is 10.1 Å². The van der Waals surface area contributed by atoms with E-state index in [1.54, 1.807) is 4.90 Å². The molecule has 2 aromatic rings. The molecule has 0 spiro atoms. The van der Waals surface area contributed by atoms with Gasteiger partial charge in [0.2, 0.25) is 0 Å². The first-order valence-corrected chi connectivity index (χ1v) is 8.45. The maximum Gasteiger partial charge on any atom is 0.282 e. The summed E-state index contributed by atoms with van der Waals surface area (Å²) in [7, 11) is 0. The Morgan fingerprint density at radius 2 is 1.72 bits per heavy atom. The maximum absolute atomic E-state index is 12.7. The summed E-state index contributed by atoms with van der Waals surface area (Å²) < 4.78 is 0. The van der Waals surface area contributed by atoms with Gasteiger partial charge < -0.3 is 9.80 Å². The SMILES string of the molecule is O=C(c1cc(Cl)ccc1[N+](=O)[O-])N1CCN(c2ccccc2Cl)CC1. The lowest BCUT2D eigenvalue weighted by molar-refractivity contribution is -0.385. The summed E-state index contributed by atoms with van der Waals surface area (Å²) in [4.78, 5) is 27.0. The van der Waals surface area contributed by atoms with Gasteiger partial charge in [0.1, 0.15) is 5.56 Å². The van der Waals surface area contributed by atoms with E-state index >= 15 is 0 Å². The van der Waals surface area contributed by atoms with Gasteiger partial charge in [0.15, 0.2) is 0 Å².